The van der Waals surface area contributed by atoms with Crippen LogP contribution >= 0.6 is 23.2 Å². The topological polar surface area (TPSA) is 72.5 Å². The predicted octanol–water partition coefficient (Wildman–Crippen LogP) is 4.58. The second-order valence-corrected chi connectivity index (χ2v) is 8.84. The Morgan fingerprint density at radius 3 is 2.35 bits per heavy atom. The van der Waals surface area contributed by atoms with E-state index < -0.39 is 15.7 Å². The Balaban J connectivity index is 1.96. The van der Waals surface area contributed by atoms with Crippen molar-refractivity contribution in [2.24, 2.45) is 0 Å². The summed E-state index contributed by atoms with van der Waals surface area (Å²) < 4.78 is 30.0. The lowest BCUT2D eigenvalue weighted by atomic mass is 10.3. The molecule has 0 spiro atoms. The van der Waals surface area contributed by atoms with Crippen LogP contribution < -0.4 is 10.1 Å². The van der Waals surface area contributed by atoms with Crippen molar-refractivity contribution in [3.05, 3.63) is 52.5 Å². The van der Waals surface area contributed by atoms with Gasteiger partial charge in [0, 0.05) is 17.1 Å². The molecular formula is C18H19Cl2NO4S. The van der Waals surface area contributed by atoms with Gasteiger partial charge in [0.25, 0.3) is 0 Å². The van der Waals surface area contributed by atoms with E-state index >= 15 is 0 Å². The molecule has 0 fully saturated rings. The maximum atomic E-state index is 12.2. The quantitative estimate of drug-likeness (QED) is 0.717. The Bertz CT molecular complexity index is 881. The third-order valence-electron chi connectivity index (χ3n) is 3.35. The first-order valence-electron chi connectivity index (χ1n) is 7.92. The number of sulfone groups is 1. The summed E-state index contributed by atoms with van der Waals surface area (Å²) in [6, 6.07) is 10.7. The second kappa shape index (κ2) is 8.75. The number of hydrogen-bond acceptors (Lipinski definition) is 4. The van der Waals surface area contributed by atoms with Crippen molar-refractivity contribution in [3.63, 3.8) is 0 Å². The number of carbonyl (C=O) groups is 1. The van der Waals surface area contributed by atoms with Gasteiger partial charge in [-0.2, -0.15) is 0 Å². The number of rotatable bonds is 7. The molecule has 140 valence electrons. The highest BCUT2D eigenvalue weighted by atomic mass is 35.5. The molecule has 0 aliphatic carbocycles. The minimum absolute atomic E-state index is 0.0222. The minimum atomic E-state index is -3.56. The number of halogens is 2. The van der Waals surface area contributed by atoms with Gasteiger partial charge in [-0.1, -0.05) is 23.2 Å². The average Bonchev–Trinajstić information content (AvgIpc) is 2.56. The molecule has 8 heteroatoms. The molecule has 0 aliphatic heterocycles. The van der Waals surface area contributed by atoms with Gasteiger partial charge in [0.1, 0.15) is 5.75 Å². The van der Waals surface area contributed by atoms with Crippen molar-refractivity contribution in [3.8, 4) is 5.75 Å². The van der Waals surface area contributed by atoms with Gasteiger partial charge in [-0.25, -0.2) is 8.42 Å². The van der Waals surface area contributed by atoms with Crippen LogP contribution in [-0.4, -0.2) is 26.2 Å². The van der Waals surface area contributed by atoms with E-state index in [1.54, 1.807) is 18.2 Å². The van der Waals surface area contributed by atoms with E-state index in [0.717, 1.165) is 0 Å². The molecule has 2 aromatic rings. The number of benzene rings is 2. The molecule has 1 amide bonds. The number of nitrogens with one attached hydrogen (secondary N) is 1. The average molecular weight is 416 g/mol. The standard InChI is InChI=1S/C18H19Cl2NO4S/c1-12(2)25-17-8-5-14(11-16(17)20)21-18(22)9-10-26(23,24)15-6-3-13(19)4-7-15/h3-8,11-12H,9-10H2,1-2H3,(H,21,22). The van der Waals surface area contributed by atoms with Crippen LogP contribution in [0.5, 0.6) is 5.75 Å². The van der Waals surface area contributed by atoms with Crippen LogP contribution in [0.4, 0.5) is 5.69 Å². The van der Waals surface area contributed by atoms with Gasteiger partial charge in [-0.3, -0.25) is 4.79 Å². The summed E-state index contributed by atoms with van der Waals surface area (Å²) in [6.07, 6.45) is -0.196. The number of anilines is 1. The van der Waals surface area contributed by atoms with Gasteiger partial charge in [0.2, 0.25) is 5.91 Å². The molecule has 0 aromatic heterocycles. The Labute approximate surface area is 163 Å². The van der Waals surface area contributed by atoms with Gasteiger partial charge in [0.05, 0.1) is 21.8 Å². The van der Waals surface area contributed by atoms with Crippen LogP contribution in [-0.2, 0) is 14.6 Å². The van der Waals surface area contributed by atoms with E-state index in [0.29, 0.717) is 21.5 Å². The minimum Gasteiger partial charge on any atom is -0.489 e. The number of ether oxygens (including phenoxy) is 1. The van der Waals surface area contributed by atoms with Crippen LogP contribution in [0, 0.1) is 0 Å². The predicted molar refractivity (Wildman–Crippen MR) is 104 cm³/mol. The first-order valence-corrected chi connectivity index (χ1v) is 10.3. The summed E-state index contributed by atoms with van der Waals surface area (Å²) in [5.41, 5.74) is 0.472. The van der Waals surface area contributed by atoms with E-state index in [1.807, 2.05) is 13.8 Å². The largest absolute Gasteiger partial charge is 0.489 e. The smallest absolute Gasteiger partial charge is 0.225 e. The Morgan fingerprint density at radius 1 is 1.12 bits per heavy atom. The number of hydrogen-bond donors (Lipinski definition) is 1. The molecular weight excluding hydrogens is 397 g/mol. The molecule has 0 saturated carbocycles. The summed E-state index contributed by atoms with van der Waals surface area (Å²) in [5.74, 6) is -0.205. The number of carbonyl (C=O) groups excluding carboxylic acids is 1. The molecule has 2 aromatic carbocycles. The fourth-order valence-electron chi connectivity index (χ4n) is 2.14. The molecule has 5 nitrogen and oxygen atoms in total. The molecule has 2 rings (SSSR count). The van der Waals surface area contributed by atoms with E-state index in [1.165, 1.54) is 24.3 Å². The third kappa shape index (κ3) is 5.90. The van der Waals surface area contributed by atoms with Crippen LogP contribution in [0.2, 0.25) is 10.0 Å². The first kappa shape index (κ1) is 20.6. The van der Waals surface area contributed by atoms with Crippen molar-refractivity contribution in [2.75, 3.05) is 11.1 Å². The lowest BCUT2D eigenvalue weighted by molar-refractivity contribution is -0.115. The lowest BCUT2D eigenvalue weighted by Gasteiger charge is -2.12. The van der Waals surface area contributed by atoms with Crippen LogP contribution in [0.3, 0.4) is 0 Å². The molecule has 0 bridgehead atoms. The Morgan fingerprint density at radius 2 is 1.77 bits per heavy atom. The van der Waals surface area contributed by atoms with Gasteiger partial charge in [-0.05, 0) is 56.3 Å². The van der Waals surface area contributed by atoms with Gasteiger partial charge in [0.15, 0.2) is 9.84 Å². The molecule has 0 aliphatic rings. The summed E-state index contributed by atoms with van der Waals surface area (Å²) >= 11 is 11.9. The van der Waals surface area contributed by atoms with Crippen molar-refractivity contribution < 1.29 is 17.9 Å². The molecule has 0 radical (unpaired) electrons. The van der Waals surface area contributed by atoms with Crippen molar-refractivity contribution in [1.29, 1.82) is 0 Å². The monoisotopic (exact) mass is 415 g/mol. The molecule has 0 atom stereocenters. The highest BCUT2D eigenvalue weighted by Crippen LogP contribution is 2.28. The number of amides is 1. The highest BCUT2D eigenvalue weighted by molar-refractivity contribution is 7.91. The van der Waals surface area contributed by atoms with Crippen molar-refractivity contribution in [2.45, 2.75) is 31.3 Å². The van der Waals surface area contributed by atoms with Gasteiger partial charge < -0.3 is 10.1 Å². The van der Waals surface area contributed by atoms with Crippen molar-refractivity contribution in [1.82, 2.24) is 0 Å². The SMILES string of the molecule is CC(C)Oc1ccc(NC(=O)CCS(=O)(=O)c2ccc(Cl)cc2)cc1Cl. The highest BCUT2D eigenvalue weighted by Gasteiger charge is 2.17. The Kier molecular flexibility index (Phi) is 6.92. The normalized spacial score (nSPS) is 11.4. The van der Waals surface area contributed by atoms with E-state index in [-0.39, 0.29) is 23.2 Å². The Hall–Kier alpha value is -1.76. The van der Waals surface area contributed by atoms with Crippen LogP contribution in [0.25, 0.3) is 0 Å². The van der Waals surface area contributed by atoms with Gasteiger partial charge in [-0.15, -0.1) is 0 Å². The van der Waals surface area contributed by atoms with Crippen LogP contribution in [0.1, 0.15) is 20.3 Å². The zero-order valence-electron chi connectivity index (χ0n) is 14.3. The second-order valence-electron chi connectivity index (χ2n) is 5.88. The summed E-state index contributed by atoms with van der Waals surface area (Å²) in [4.78, 5) is 12.2. The molecule has 0 heterocycles. The van der Waals surface area contributed by atoms with E-state index in [2.05, 4.69) is 5.32 Å². The zero-order valence-corrected chi connectivity index (χ0v) is 16.7. The fourth-order valence-corrected chi connectivity index (χ4v) is 3.73. The molecule has 26 heavy (non-hydrogen) atoms. The van der Waals surface area contributed by atoms with Crippen molar-refractivity contribution >= 4 is 44.6 Å². The maximum absolute atomic E-state index is 12.2. The fraction of sp³-hybridized carbons (Fsp3) is 0.278. The zero-order chi connectivity index (χ0) is 19.3. The lowest BCUT2D eigenvalue weighted by Crippen LogP contribution is -2.17. The van der Waals surface area contributed by atoms with Gasteiger partial charge >= 0.3 is 0 Å². The summed E-state index contributed by atoms with van der Waals surface area (Å²) in [5, 5.41) is 3.45. The molecule has 0 saturated heterocycles. The summed E-state index contributed by atoms with van der Waals surface area (Å²) in [7, 11) is -3.56. The summed E-state index contributed by atoms with van der Waals surface area (Å²) in [6.45, 7) is 3.76. The van der Waals surface area contributed by atoms with E-state index in [4.69, 9.17) is 27.9 Å². The first-order chi connectivity index (χ1) is 12.2. The van der Waals surface area contributed by atoms with Crippen LogP contribution in [0.15, 0.2) is 47.4 Å². The molecule has 1 N–H and O–H groups in total. The van der Waals surface area contributed by atoms with E-state index in [9.17, 15) is 13.2 Å². The molecule has 0 unspecified atom stereocenters. The third-order valence-corrected chi connectivity index (χ3v) is 5.63. The maximum Gasteiger partial charge on any atom is 0.225 e.